The van der Waals surface area contributed by atoms with Crippen molar-refractivity contribution in [1.82, 2.24) is 5.32 Å². The van der Waals surface area contributed by atoms with Crippen molar-refractivity contribution >= 4 is 11.9 Å². The lowest BCUT2D eigenvalue weighted by Crippen LogP contribution is -2.34. The van der Waals surface area contributed by atoms with Crippen LogP contribution in [0, 0.1) is 5.92 Å². The molecule has 0 saturated carbocycles. The highest BCUT2D eigenvalue weighted by molar-refractivity contribution is 5.97. The maximum atomic E-state index is 12.3. The maximum absolute atomic E-state index is 12.3. The number of benzene rings is 2. The van der Waals surface area contributed by atoms with Gasteiger partial charge in [0.05, 0.1) is 25.2 Å². The normalized spacial score (nSPS) is 11.5. The number of methoxy groups -OCH3 is 1. The van der Waals surface area contributed by atoms with Crippen LogP contribution in [0.4, 0.5) is 0 Å². The quantitative estimate of drug-likeness (QED) is 0.721. The Kier molecular flexibility index (Phi) is 7.02. The zero-order valence-corrected chi connectivity index (χ0v) is 14.9. The number of ether oxygens (including phenoxy) is 2. The van der Waals surface area contributed by atoms with Gasteiger partial charge in [-0.3, -0.25) is 9.59 Å². The van der Waals surface area contributed by atoms with Gasteiger partial charge in [0, 0.05) is 6.54 Å². The van der Waals surface area contributed by atoms with Gasteiger partial charge in [0.25, 0.3) is 5.91 Å². The average molecular weight is 357 g/mol. The first kappa shape index (κ1) is 19.3. The fraction of sp³-hybridized carbons (Fsp3) is 0.300. The van der Waals surface area contributed by atoms with E-state index in [2.05, 4.69) is 5.32 Å². The standard InChI is InChI=1S/C20H23NO5/c1-3-26-16-10-8-14(9-11-16)12-15(20(23)24)13-21-19(22)17-6-4-5-7-18(17)25-2/h4-11,15H,3,12-13H2,1-2H3,(H,21,22)(H,23,24). The molecule has 6 nitrogen and oxygen atoms in total. The van der Waals surface area contributed by atoms with Crippen molar-refractivity contribution in [3.63, 3.8) is 0 Å². The molecule has 1 atom stereocenters. The minimum atomic E-state index is -0.959. The van der Waals surface area contributed by atoms with Crippen LogP contribution >= 0.6 is 0 Å². The highest BCUT2D eigenvalue weighted by Crippen LogP contribution is 2.18. The molecule has 2 N–H and O–H groups in total. The van der Waals surface area contributed by atoms with Crippen LogP contribution in [0.25, 0.3) is 0 Å². The van der Waals surface area contributed by atoms with Gasteiger partial charge in [-0.05, 0) is 43.2 Å². The van der Waals surface area contributed by atoms with Crippen LogP contribution in [-0.2, 0) is 11.2 Å². The molecule has 0 bridgehead atoms. The lowest BCUT2D eigenvalue weighted by atomic mass is 9.99. The molecule has 2 rings (SSSR count). The van der Waals surface area contributed by atoms with Crippen LogP contribution in [0.2, 0.25) is 0 Å². The van der Waals surface area contributed by atoms with Crippen LogP contribution in [0.3, 0.4) is 0 Å². The number of carboxylic acid groups (broad SMARTS) is 1. The molecule has 2 aromatic carbocycles. The third kappa shape index (κ3) is 5.24. The number of aliphatic carboxylic acids is 1. The van der Waals surface area contributed by atoms with E-state index in [0.717, 1.165) is 11.3 Å². The molecule has 0 aliphatic carbocycles. The molecule has 1 unspecified atom stereocenters. The molecule has 0 radical (unpaired) electrons. The first-order chi connectivity index (χ1) is 12.5. The molecule has 138 valence electrons. The van der Waals surface area contributed by atoms with E-state index < -0.39 is 11.9 Å². The van der Waals surface area contributed by atoms with Crippen molar-refractivity contribution in [3.05, 3.63) is 59.7 Å². The van der Waals surface area contributed by atoms with Gasteiger partial charge in [-0.15, -0.1) is 0 Å². The summed E-state index contributed by atoms with van der Waals surface area (Å²) >= 11 is 0. The predicted octanol–water partition coefficient (Wildman–Crippen LogP) is 2.77. The monoisotopic (exact) mass is 357 g/mol. The lowest BCUT2D eigenvalue weighted by molar-refractivity contribution is -0.141. The average Bonchev–Trinajstić information content (AvgIpc) is 2.66. The van der Waals surface area contributed by atoms with E-state index in [4.69, 9.17) is 9.47 Å². The number of amides is 1. The Labute approximate surface area is 152 Å². The van der Waals surface area contributed by atoms with Crippen LogP contribution in [0.15, 0.2) is 48.5 Å². The van der Waals surface area contributed by atoms with E-state index in [-0.39, 0.29) is 12.5 Å². The Balaban J connectivity index is 1.99. The summed E-state index contributed by atoms with van der Waals surface area (Å²) in [7, 11) is 1.48. The summed E-state index contributed by atoms with van der Waals surface area (Å²) in [4.78, 5) is 23.9. The van der Waals surface area contributed by atoms with Gasteiger partial charge < -0.3 is 19.9 Å². The number of rotatable bonds is 9. The first-order valence-electron chi connectivity index (χ1n) is 8.41. The second-order valence-corrected chi connectivity index (χ2v) is 5.73. The van der Waals surface area contributed by atoms with Gasteiger partial charge in [-0.1, -0.05) is 24.3 Å². The van der Waals surface area contributed by atoms with E-state index >= 15 is 0 Å². The summed E-state index contributed by atoms with van der Waals surface area (Å²) in [6.45, 7) is 2.50. The number of hydrogen-bond acceptors (Lipinski definition) is 4. The summed E-state index contributed by atoms with van der Waals surface area (Å²) < 4.78 is 10.5. The molecule has 0 spiro atoms. The highest BCUT2D eigenvalue weighted by Gasteiger charge is 2.20. The zero-order chi connectivity index (χ0) is 18.9. The van der Waals surface area contributed by atoms with Crippen molar-refractivity contribution in [1.29, 1.82) is 0 Å². The van der Waals surface area contributed by atoms with Crippen LogP contribution in [0.1, 0.15) is 22.8 Å². The summed E-state index contributed by atoms with van der Waals surface area (Å²) in [6.07, 6.45) is 0.313. The minimum absolute atomic E-state index is 0.0272. The fourth-order valence-electron chi connectivity index (χ4n) is 2.56. The molecule has 0 heterocycles. The number of carbonyl (C=O) groups is 2. The Morgan fingerprint density at radius 2 is 1.81 bits per heavy atom. The fourth-order valence-corrected chi connectivity index (χ4v) is 2.56. The summed E-state index contributed by atoms with van der Waals surface area (Å²) in [5, 5.41) is 12.1. The molecular weight excluding hydrogens is 334 g/mol. The third-order valence-corrected chi connectivity index (χ3v) is 3.93. The molecule has 0 aliphatic rings. The Hall–Kier alpha value is -3.02. The van der Waals surface area contributed by atoms with E-state index in [1.807, 2.05) is 31.2 Å². The van der Waals surface area contributed by atoms with E-state index in [0.29, 0.717) is 24.3 Å². The van der Waals surface area contributed by atoms with Crippen molar-refractivity contribution in [2.75, 3.05) is 20.3 Å². The molecule has 26 heavy (non-hydrogen) atoms. The third-order valence-electron chi connectivity index (χ3n) is 3.93. The Morgan fingerprint density at radius 3 is 2.42 bits per heavy atom. The molecule has 2 aromatic rings. The van der Waals surface area contributed by atoms with E-state index in [9.17, 15) is 14.7 Å². The molecular formula is C20H23NO5. The highest BCUT2D eigenvalue weighted by atomic mass is 16.5. The first-order valence-corrected chi connectivity index (χ1v) is 8.41. The van der Waals surface area contributed by atoms with Crippen molar-refractivity contribution in [3.8, 4) is 11.5 Å². The molecule has 6 heteroatoms. The smallest absolute Gasteiger partial charge is 0.308 e. The summed E-state index contributed by atoms with van der Waals surface area (Å²) in [6, 6.07) is 14.1. The summed E-state index contributed by atoms with van der Waals surface area (Å²) in [5.74, 6) is -0.859. The zero-order valence-electron chi connectivity index (χ0n) is 14.9. The van der Waals surface area contributed by atoms with Crippen molar-refractivity contribution in [2.45, 2.75) is 13.3 Å². The van der Waals surface area contributed by atoms with E-state index in [1.54, 1.807) is 24.3 Å². The van der Waals surface area contributed by atoms with Gasteiger partial charge in [-0.2, -0.15) is 0 Å². The SMILES string of the molecule is CCOc1ccc(CC(CNC(=O)c2ccccc2OC)C(=O)O)cc1. The van der Waals surface area contributed by atoms with Gasteiger partial charge in [0.15, 0.2) is 0 Å². The second-order valence-electron chi connectivity index (χ2n) is 5.73. The maximum Gasteiger partial charge on any atom is 0.308 e. The topological polar surface area (TPSA) is 84.9 Å². The van der Waals surface area contributed by atoms with Crippen molar-refractivity contribution in [2.24, 2.45) is 5.92 Å². The molecule has 0 fully saturated rings. The van der Waals surface area contributed by atoms with Gasteiger partial charge in [-0.25, -0.2) is 0 Å². The second kappa shape index (κ2) is 9.46. The van der Waals surface area contributed by atoms with E-state index in [1.165, 1.54) is 7.11 Å². The summed E-state index contributed by atoms with van der Waals surface area (Å²) in [5.41, 5.74) is 1.24. The van der Waals surface area contributed by atoms with Gasteiger partial charge in [0.1, 0.15) is 11.5 Å². The van der Waals surface area contributed by atoms with Crippen LogP contribution in [-0.4, -0.2) is 37.2 Å². The number of nitrogens with one attached hydrogen (secondary N) is 1. The van der Waals surface area contributed by atoms with Gasteiger partial charge >= 0.3 is 5.97 Å². The van der Waals surface area contributed by atoms with Crippen molar-refractivity contribution < 1.29 is 24.2 Å². The minimum Gasteiger partial charge on any atom is -0.496 e. The number of carbonyl (C=O) groups excluding carboxylic acids is 1. The largest absolute Gasteiger partial charge is 0.496 e. The van der Waals surface area contributed by atoms with Crippen LogP contribution < -0.4 is 14.8 Å². The number of hydrogen-bond donors (Lipinski definition) is 2. The lowest BCUT2D eigenvalue weighted by Gasteiger charge is -2.15. The number of carboxylic acids is 1. The molecule has 0 aliphatic heterocycles. The predicted molar refractivity (Wildman–Crippen MR) is 97.8 cm³/mol. The molecule has 0 aromatic heterocycles. The molecule has 0 saturated heterocycles. The Bertz CT molecular complexity index is 742. The Morgan fingerprint density at radius 1 is 1.12 bits per heavy atom. The molecule has 1 amide bonds. The number of para-hydroxylation sites is 1. The van der Waals surface area contributed by atoms with Gasteiger partial charge in [0.2, 0.25) is 0 Å². The van der Waals surface area contributed by atoms with Crippen LogP contribution in [0.5, 0.6) is 11.5 Å².